The van der Waals surface area contributed by atoms with E-state index < -0.39 is 0 Å². The van der Waals surface area contributed by atoms with Crippen LogP contribution in [-0.4, -0.2) is 99.8 Å². The topological polar surface area (TPSA) is 48.5 Å². The molecule has 1 amide bonds. The van der Waals surface area contributed by atoms with Crippen LogP contribution in [0.1, 0.15) is 13.8 Å². The average molecular weight is 391 g/mol. The maximum atomic E-state index is 12.7. The lowest BCUT2D eigenvalue weighted by Gasteiger charge is -2.39. The fraction of sp³-hybridized carbons (Fsp3) is 0.667. The van der Waals surface area contributed by atoms with Crippen molar-refractivity contribution in [2.24, 2.45) is 0 Å². The molecule has 2 heterocycles. The quantitative estimate of drug-likeness (QED) is 0.731. The molecule has 0 aliphatic carbocycles. The number of amides is 1. The van der Waals surface area contributed by atoms with E-state index in [1.165, 1.54) is 0 Å². The van der Waals surface area contributed by atoms with Crippen LogP contribution in [-0.2, 0) is 4.79 Å². The summed E-state index contributed by atoms with van der Waals surface area (Å²) in [6.45, 7) is 12.2. The molecule has 1 aromatic rings. The first-order chi connectivity index (χ1) is 13.5. The summed E-state index contributed by atoms with van der Waals surface area (Å²) in [5, 5.41) is 0. The molecular weight excluding hydrogens is 356 g/mol. The second kappa shape index (κ2) is 9.47. The summed E-state index contributed by atoms with van der Waals surface area (Å²) in [6, 6.07) is 6.59. The number of ether oxygens (including phenoxy) is 2. The zero-order valence-corrected chi connectivity index (χ0v) is 17.7. The van der Waals surface area contributed by atoms with Gasteiger partial charge in [0, 0.05) is 70.2 Å². The first-order valence-electron chi connectivity index (χ1n) is 10.2. The van der Waals surface area contributed by atoms with Crippen molar-refractivity contribution in [2.75, 3.05) is 78.0 Å². The van der Waals surface area contributed by atoms with Crippen molar-refractivity contribution in [2.45, 2.75) is 19.9 Å². The van der Waals surface area contributed by atoms with Gasteiger partial charge in [0.25, 0.3) is 0 Å². The second-order valence-electron chi connectivity index (χ2n) is 7.81. The van der Waals surface area contributed by atoms with Crippen LogP contribution < -0.4 is 14.4 Å². The van der Waals surface area contributed by atoms with Crippen LogP contribution in [0.2, 0.25) is 0 Å². The lowest BCUT2D eigenvalue weighted by atomic mass is 10.2. The van der Waals surface area contributed by atoms with E-state index in [0.29, 0.717) is 12.6 Å². The molecule has 1 aromatic carbocycles. The average Bonchev–Trinajstić information content (AvgIpc) is 2.73. The Kier molecular flexibility index (Phi) is 7.02. The number of piperazine rings is 2. The molecule has 0 N–H and O–H groups in total. The maximum Gasteiger partial charge on any atom is 0.236 e. The minimum atomic E-state index is 0.267. The van der Waals surface area contributed by atoms with Crippen molar-refractivity contribution in [3.05, 3.63) is 18.2 Å². The van der Waals surface area contributed by atoms with Crippen LogP contribution in [0.5, 0.6) is 11.5 Å². The van der Waals surface area contributed by atoms with Crippen LogP contribution in [0, 0.1) is 0 Å². The molecule has 2 aliphatic rings. The van der Waals surface area contributed by atoms with Crippen molar-refractivity contribution in [3.63, 3.8) is 0 Å². The van der Waals surface area contributed by atoms with Crippen molar-refractivity contribution in [3.8, 4) is 11.5 Å². The van der Waals surface area contributed by atoms with Gasteiger partial charge < -0.3 is 19.3 Å². The van der Waals surface area contributed by atoms with Crippen molar-refractivity contribution in [1.82, 2.24) is 14.7 Å². The highest BCUT2D eigenvalue weighted by atomic mass is 16.5. The van der Waals surface area contributed by atoms with Crippen molar-refractivity contribution in [1.29, 1.82) is 0 Å². The summed E-state index contributed by atoms with van der Waals surface area (Å²) in [5.74, 6) is 1.76. The van der Waals surface area contributed by atoms with Gasteiger partial charge in [0.2, 0.25) is 5.91 Å². The van der Waals surface area contributed by atoms with Gasteiger partial charge in [-0.05, 0) is 26.0 Å². The second-order valence-corrected chi connectivity index (χ2v) is 7.81. The van der Waals surface area contributed by atoms with Gasteiger partial charge in [-0.15, -0.1) is 0 Å². The van der Waals surface area contributed by atoms with Crippen molar-refractivity contribution >= 4 is 11.6 Å². The number of nitrogens with zero attached hydrogens (tertiary/aromatic N) is 4. The van der Waals surface area contributed by atoms with Crippen LogP contribution in [0.25, 0.3) is 0 Å². The minimum absolute atomic E-state index is 0.267. The number of anilines is 1. The Bertz CT molecular complexity index is 651. The zero-order chi connectivity index (χ0) is 20.1. The molecule has 7 heteroatoms. The molecule has 0 aromatic heterocycles. The number of rotatable bonds is 6. The third-order valence-corrected chi connectivity index (χ3v) is 5.86. The van der Waals surface area contributed by atoms with Gasteiger partial charge in [0.15, 0.2) is 11.5 Å². The number of benzene rings is 1. The summed E-state index contributed by atoms with van der Waals surface area (Å²) < 4.78 is 10.7. The summed E-state index contributed by atoms with van der Waals surface area (Å²) >= 11 is 0. The third-order valence-electron chi connectivity index (χ3n) is 5.86. The summed E-state index contributed by atoms with van der Waals surface area (Å²) in [7, 11) is 3.31. The molecule has 0 spiro atoms. The SMILES string of the molecule is COc1ccc(N2CCN(CC(=O)N3CCN(C(C)C)CC3)CC2)cc1OC. The fourth-order valence-corrected chi connectivity index (χ4v) is 3.96. The van der Waals surface area contributed by atoms with Gasteiger partial charge in [0.05, 0.1) is 20.8 Å². The predicted molar refractivity (Wildman–Crippen MR) is 111 cm³/mol. The van der Waals surface area contributed by atoms with Gasteiger partial charge in [-0.25, -0.2) is 0 Å². The van der Waals surface area contributed by atoms with E-state index in [0.717, 1.165) is 69.5 Å². The third kappa shape index (κ3) is 4.89. The summed E-state index contributed by atoms with van der Waals surface area (Å²) in [5.41, 5.74) is 1.13. The van der Waals surface area contributed by atoms with E-state index in [2.05, 4.69) is 34.6 Å². The number of hydrogen-bond acceptors (Lipinski definition) is 6. The molecule has 2 saturated heterocycles. The molecule has 2 aliphatic heterocycles. The molecule has 0 saturated carbocycles. The fourth-order valence-electron chi connectivity index (χ4n) is 3.96. The summed E-state index contributed by atoms with van der Waals surface area (Å²) in [6.07, 6.45) is 0. The molecule has 28 heavy (non-hydrogen) atoms. The number of carbonyl (C=O) groups is 1. The first-order valence-corrected chi connectivity index (χ1v) is 10.2. The Morgan fingerprint density at radius 2 is 1.57 bits per heavy atom. The van der Waals surface area contributed by atoms with Gasteiger partial charge >= 0.3 is 0 Å². The van der Waals surface area contributed by atoms with Gasteiger partial charge in [-0.1, -0.05) is 0 Å². The van der Waals surface area contributed by atoms with E-state index in [9.17, 15) is 4.79 Å². The van der Waals surface area contributed by atoms with E-state index in [4.69, 9.17) is 9.47 Å². The Balaban J connectivity index is 1.47. The van der Waals surface area contributed by atoms with E-state index in [1.54, 1.807) is 14.2 Å². The smallest absolute Gasteiger partial charge is 0.236 e. The standard InChI is InChI=1S/C21H34N4O3/c1-17(2)23-11-13-25(14-12-23)21(26)16-22-7-9-24(10-8-22)18-5-6-19(27-3)20(15-18)28-4/h5-6,15,17H,7-14,16H2,1-4H3. The largest absolute Gasteiger partial charge is 0.493 e. The first kappa shape index (κ1) is 20.7. The zero-order valence-electron chi connectivity index (χ0n) is 17.7. The van der Waals surface area contributed by atoms with Crippen molar-refractivity contribution < 1.29 is 14.3 Å². The van der Waals surface area contributed by atoms with Gasteiger partial charge in [-0.3, -0.25) is 14.6 Å². The van der Waals surface area contributed by atoms with Crippen LogP contribution in [0.3, 0.4) is 0 Å². The molecule has 0 radical (unpaired) electrons. The Labute approximate surface area is 168 Å². The predicted octanol–water partition coefficient (Wildman–Crippen LogP) is 1.38. The Hall–Kier alpha value is -1.99. The highest BCUT2D eigenvalue weighted by Gasteiger charge is 2.25. The summed E-state index contributed by atoms with van der Waals surface area (Å²) in [4.78, 5) is 21.7. The van der Waals surface area contributed by atoms with Crippen LogP contribution in [0.15, 0.2) is 18.2 Å². The van der Waals surface area contributed by atoms with E-state index in [1.807, 2.05) is 17.0 Å². The highest BCUT2D eigenvalue weighted by Crippen LogP contribution is 2.31. The van der Waals surface area contributed by atoms with Crippen LogP contribution in [0.4, 0.5) is 5.69 Å². The Morgan fingerprint density at radius 1 is 0.929 bits per heavy atom. The molecule has 3 rings (SSSR count). The maximum absolute atomic E-state index is 12.7. The molecular formula is C21H34N4O3. The Morgan fingerprint density at radius 3 is 2.14 bits per heavy atom. The molecule has 2 fully saturated rings. The highest BCUT2D eigenvalue weighted by molar-refractivity contribution is 5.78. The van der Waals surface area contributed by atoms with Crippen LogP contribution >= 0.6 is 0 Å². The molecule has 156 valence electrons. The molecule has 0 unspecified atom stereocenters. The van der Waals surface area contributed by atoms with Gasteiger partial charge in [-0.2, -0.15) is 0 Å². The lowest BCUT2D eigenvalue weighted by Crippen LogP contribution is -2.54. The monoisotopic (exact) mass is 390 g/mol. The molecule has 0 bridgehead atoms. The molecule has 7 nitrogen and oxygen atoms in total. The molecule has 0 atom stereocenters. The van der Waals surface area contributed by atoms with Gasteiger partial charge in [0.1, 0.15) is 0 Å². The van der Waals surface area contributed by atoms with E-state index >= 15 is 0 Å². The minimum Gasteiger partial charge on any atom is -0.493 e. The van der Waals surface area contributed by atoms with E-state index in [-0.39, 0.29) is 5.91 Å². The number of hydrogen-bond donors (Lipinski definition) is 0. The number of methoxy groups -OCH3 is 2. The number of carbonyl (C=O) groups excluding carboxylic acids is 1. The normalized spacial score (nSPS) is 19.2. The lowest BCUT2D eigenvalue weighted by molar-refractivity contribution is -0.134.